The third-order valence-corrected chi connectivity index (χ3v) is 4.01. The molecular weight excluding hydrogens is 310 g/mol. The lowest BCUT2D eigenvalue weighted by Gasteiger charge is -1.98. The minimum Gasteiger partial charge on any atom is -0.411 e. The highest BCUT2D eigenvalue weighted by atomic mass is 32.2. The molecule has 3 aromatic rings. The third-order valence-electron chi connectivity index (χ3n) is 3.12. The number of nitrogens with zero attached hydrogens (tertiary/aromatic N) is 3. The molecular formula is C17H11N3O2S. The van der Waals surface area contributed by atoms with Crippen LogP contribution in [0.4, 0.5) is 0 Å². The van der Waals surface area contributed by atoms with Crippen LogP contribution in [0.25, 0.3) is 11.5 Å². The number of aldehydes is 1. The van der Waals surface area contributed by atoms with Crippen molar-refractivity contribution in [1.82, 2.24) is 10.2 Å². The minimum atomic E-state index is 0.413. The Kier molecular flexibility index (Phi) is 4.50. The van der Waals surface area contributed by atoms with Gasteiger partial charge in [0.1, 0.15) is 6.29 Å². The molecule has 112 valence electrons. The van der Waals surface area contributed by atoms with Crippen LogP contribution in [0.1, 0.15) is 21.5 Å². The second kappa shape index (κ2) is 6.90. The second-order valence-electron chi connectivity index (χ2n) is 4.71. The van der Waals surface area contributed by atoms with Gasteiger partial charge in [0.05, 0.1) is 11.6 Å². The molecule has 0 aliphatic heterocycles. The predicted octanol–water partition coefficient (Wildman–Crippen LogP) is 3.71. The van der Waals surface area contributed by atoms with Crippen LogP contribution in [-0.4, -0.2) is 16.5 Å². The molecule has 0 N–H and O–H groups in total. The molecule has 0 saturated carbocycles. The fourth-order valence-electron chi connectivity index (χ4n) is 1.96. The number of nitriles is 1. The molecule has 3 rings (SSSR count). The zero-order valence-corrected chi connectivity index (χ0v) is 12.8. The summed E-state index contributed by atoms with van der Waals surface area (Å²) < 4.78 is 5.61. The van der Waals surface area contributed by atoms with E-state index in [9.17, 15) is 4.79 Å². The van der Waals surface area contributed by atoms with Gasteiger partial charge in [-0.15, -0.1) is 10.2 Å². The molecule has 0 aliphatic rings. The minimum absolute atomic E-state index is 0.413. The van der Waals surface area contributed by atoms with Crippen LogP contribution in [-0.2, 0) is 5.75 Å². The molecule has 23 heavy (non-hydrogen) atoms. The van der Waals surface area contributed by atoms with Crippen molar-refractivity contribution in [3.63, 3.8) is 0 Å². The van der Waals surface area contributed by atoms with Crippen LogP contribution in [0.15, 0.2) is 58.2 Å². The van der Waals surface area contributed by atoms with Gasteiger partial charge < -0.3 is 4.42 Å². The maximum absolute atomic E-state index is 10.6. The Morgan fingerprint density at radius 3 is 2.74 bits per heavy atom. The zero-order chi connectivity index (χ0) is 16.1. The van der Waals surface area contributed by atoms with E-state index < -0.39 is 0 Å². The second-order valence-corrected chi connectivity index (χ2v) is 5.64. The summed E-state index contributed by atoms with van der Waals surface area (Å²) in [5, 5.41) is 17.4. The van der Waals surface area contributed by atoms with Crippen molar-refractivity contribution < 1.29 is 9.21 Å². The van der Waals surface area contributed by atoms with E-state index in [2.05, 4.69) is 16.3 Å². The molecule has 0 spiro atoms. The highest BCUT2D eigenvalue weighted by Crippen LogP contribution is 2.26. The van der Waals surface area contributed by atoms with Crippen molar-refractivity contribution in [3.05, 3.63) is 65.2 Å². The Morgan fingerprint density at radius 1 is 1.17 bits per heavy atom. The molecule has 0 unspecified atom stereocenters. The predicted molar refractivity (Wildman–Crippen MR) is 85.8 cm³/mol. The zero-order valence-electron chi connectivity index (χ0n) is 12.0. The first kappa shape index (κ1) is 15.0. The van der Waals surface area contributed by atoms with Crippen LogP contribution >= 0.6 is 11.8 Å². The third kappa shape index (κ3) is 3.65. The lowest BCUT2D eigenvalue weighted by atomic mass is 10.1. The summed E-state index contributed by atoms with van der Waals surface area (Å²) in [6.07, 6.45) is 0.786. The number of thioether (sulfide) groups is 1. The molecule has 5 nitrogen and oxygen atoms in total. The van der Waals surface area contributed by atoms with Crippen molar-refractivity contribution in [2.45, 2.75) is 11.0 Å². The van der Waals surface area contributed by atoms with Crippen molar-refractivity contribution in [2.24, 2.45) is 0 Å². The first-order valence-corrected chi connectivity index (χ1v) is 7.78. The van der Waals surface area contributed by atoms with Gasteiger partial charge in [0.15, 0.2) is 0 Å². The fraction of sp³-hybridized carbons (Fsp3) is 0.0588. The lowest BCUT2D eigenvalue weighted by molar-refractivity contribution is 0.112. The van der Waals surface area contributed by atoms with E-state index in [1.54, 1.807) is 30.3 Å². The van der Waals surface area contributed by atoms with Gasteiger partial charge in [-0.05, 0) is 29.8 Å². The summed E-state index contributed by atoms with van der Waals surface area (Å²) in [5.41, 5.74) is 3.01. The SMILES string of the molecule is N#Cc1cccc(CSc2nnc(-c3ccc(C=O)cc3)o2)c1. The molecule has 1 heterocycles. The highest BCUT2D eigenvalue weighted by molar-refractivity contribution is 7.98. The van der Waals surface area contributed by atoms with Gasteiger partial charge in [-0.2, -0.15) is 5.26 Å². The average molecular weight is 321 g/mol. The van der Waals surface area contributed by atoms with E-state index in [0.29, 0.717) is 28.0 Å². The van der Waals surface area contributed by atoms with E-state index in [-0.39, 0.29) is 0 Å². The molecule has 0 fully saturated rings. The number of hydrogen-bond donors (Lipinski definition) is 0. The molecule has 6 heteroatoms. The Balaban J connectivity index is 1.69. The van der Waals surface area contributed by atoms with Gasteiger partial charge in [0, 0.05) is 16.9 Å². The number of benzene rings is 2. The molecule has 0 bridgehead atoms. The van der Waals surface area contributed by atoms with Crippen molar-refractivity contribution in [2.75, 3.05) is 0 Å². The first-order chi connectivity index (χ1) is 11.3. The van der Waals surface area contributed by atoms with Gasteiger partial charge in [-0.25, -0.2) is 0 Å². The maximum Gasteiger partial charge on any atom is 0.277 e. The van der Waals surface area contributed by atoms with E-state index in [0.717, 1.165) is 17.4 Å². The molecule has 0 aliphatic carbocycles. The number of carbonyl (C=O) groups excluding carboxylic acids is 1. The largest absolute Gasteiger partial charge is 0.411 e. The summed E-state index contributed by atoms with van der Waals surface area (Å²) in [6, 6.07) is 16.4. The normalized spacial score (nSPS) is 10.2. The molecule has 2 aromatic carbocycles. The molecule has 0 amide bonds. The molecule has 0 saturated heterocycles. The van der Waals surface area contributed by atoms with Crippen LogP contribution in [0.2, 0.25) is 0 Å². The van der Waals surface area contributed by atoms with Gasteiger partial charge in [0.2, 0.25) is 5.89 Å². The molecule has 1 aromatic heterocycles. The smallest absolute Gasteiger partial charge is 0.277 e. The van der Waals surface area contributed by atoms with Gasteiger partial charge in [-0.1, -0.05) is 36.0 Å². The van der Waals surface area contributed by atoms with E-state index in [4.69, 9.17) is 9.68 Å². The summed E-state index contributed by atoms with van der Waals surface area (Å²) >= 11 is 1.41. The molecule has 0 radical (unpaired) electrons. The van der Waals surface area contributed by atoms with Crippen molar-refractivity contribution >= 4 is 18.0 Å². The van der Waals surface area contributed by atoms with Crippen LogP contribution in [0.5, 0.6) is 0 Å². The van der Waals surface area contributed by atoms with Gasteiger partial charge in [0.25, 0.3) is 5.22 Å². The average Bonchev–Trinajstić information content (AvgIpc) is 3.09. The number of aromatic nitrogens is 2. The van der Waals surface area contributed by atoms with Crippen LogP contribution in [0.3, 0.4) is 0 Å². The first-order valence-electron chi connectivity index (χ1n) is 6.79. The highest BCUT2D eigenvalue weighted by Gasteiger charge is 2.09. The maximum atomic E-state index is 10.6. The quantitative estimate of drug-likeness (QED) is 0.526. The van der Waals surface area contributed by atoms with Gasteiger partial charge in [-0.3, -0.25) is 4.79 Å². The summed E-state index contributed by atoms with van der Waals surface area (Å²) in [5.74, 6) is 1.05. The lowest BCUT2D eigenvalue weighted by Crippen LogP contribution is -1.82. The Labute approximate surface area is 137 Å². The van der Waals surface area contributed by atoms with Crippen molar-refractivity contribution in [1.29, 1.82) is 5.26 Å². The van der Waals surface area contributed by atoms with Gasteiger partial charge >= 0.3 is 0 Å². The van der Waals surface area contributed by atoms with E-state index in [1.807, 2.05) is 18.2 Å². The number of hydrogen-bond acceptors (Lipinski definition) is 6. The Hall–Kier alpha value is -2.91. The monoisotopic (exact) mass is 321 g/mol. The van der Waals surface area contributed by atoms with E-state index >= 15 is 0 Å². The fourth-order valence-corrected chi connectivity index (χ4v) is 2.67. The molecule has 0 atom stereocenters. The van der Waals surface area contributed by atoms with E-state index in [1.165, 1.54) is 11.8 Å². The summed E-state index contributed by atoms with van der Waals surface area (Å²) in [4.78, 5) is 10.6. The van der Waals surface area contributed by atoms with Crippen LogP contribution in [0, 0.1) is 11.3 Å². The van der Waals surface area contributed by atoms with Crippen molar-refractivity contribution in [3.8, 4) is 17.5 Å². The standard InChI is InChI=1S/C17H11N3O2S/c18-9-13-2-1-3-14(8-13)11-23-17-20-19-16(22-17)15-6-4-12(10-21)5-7-15/h1-8,10H,11H2. The Morgan fingerprint density at radius 2 is 2.00 bits per heavy atom. The Bertz CT molecular complexity index is 866. The number of carbonyl (C=O) groups is 1. The topological polar surface area (TPSA) is 79.8 Å². The summed E-state index contributed by atoms with van der Waals surface area (Å²) in [7, 11) is 0. The van der Waals surface area contributed by atoms with Crippen LogP contribution < -0.4 is 0 Å². The summed E-state index contributed by atoms with van der Waals surface area (Å²) in [6.45, 7) is 0. The number of rotatable bonds is 5.